The Labute approximate surface area is 132 Å². The van der Waals surface area contributed by atoms with Crippen LogP contribution in [0.5, 0.6) is 11.5 Å². The van der Waals surface area contributed by atoms with Gasteiger partial charge in [-0.05, 0) is 49.2 Å². The summed E-state index contributed by atoms with van der Waals surface area (Å²) in [5.41, 5.74) is 2.27. The smallest absolute Gasteiger partial charge is 0.131 e. The molecule has 0 spiro atoms. The van der Waals surface area contributed by atoms with Gasteiger partial charge in [0.25, 0.3) is 0 Å². The summed E-state index contributed by atoms with van der Waals surface area (Å²) in [6.45, 7) is 6.08. The van der Waals surface area contributed by atoms with E-state index in [1.165, 1.54) is 5.56 Å². The van der Waals surface area contributed by atoms with Crippen molar-refractivity contribution in [3.8, 4) is 11.5 Å². The number of nitrogens with one attached hydrogen (secondary N) is 1. The second kappa shape index (κ2) is 8.06. The highest BCUT2D eigenvalue weighted by molar-refractivity contribution is 6.31. The van der Waals surface area contributed by atoms with E-state index in [-0.39, 0.29) is 0 Å². The topological polar surface area (TPSA) is 21.3 Å². The Morgan fingerprint density at radius 2 is 1.86 bits per heavy atom. The van der Waals surface area contributed by atoms with Gasteiger partial charge in [-0.1, -0.05) is 43.6 Å². The van der Waals surface area contributed by atoms with E-state index in [0.717, 1.165) is 48.0 Å². The summed E-state index contributed by atoms with van der Waals surface area (Å²) in [6, 6.07) is 14.0. The van der Waals surface area contributed by atoms with Gasteiger partial charge in [0.1, 0.15) is 11.5 Å². The molecule has 0 aromatic heterocycles. The molecule has 0 amide bonds. The lowest BCUT2D eigenvalue weighted by atomic mass is 10.1. The third kappa shape index (κ3) is 4.48. The molecule has 0 heterocycles. The minimum atomic E-state index is 0.794. The van der Waals surface area contributed by atoms with E-state index < -0.39 is 0 Å². The normalized spacial score (nSPS) is 10.6. The van der Waals surface area contributed by atoms with Crippen LogP contribution >= 0.6 is 11.6 Å². The molecule has 0 aliphatic carbocycles. The monoisotopic (exact) mass is 303 g/mol. The van der Waals surface area contributed by atoms with Crippen LogP contribution in [0.15, 0.2) is 42.5 Å². The number of ether oxygens (including phenoxy) is 1. The molecule has 0 bridgehead atoms. The van der Waals surface area contributed by atoms with Crippen molar-refractivity contribution in [2.75, 3.05) is 6.54 Å². The number of rotatable bonds is 7. The molecule has 2 aromatic rings. The van der Waals surface area contributed by atoms with Crippen LogP contribution in [0.3, 0.4) is 0 Å². The second-order valence-corrected chi connectivity index (χ2v) is 5.40. The van der Waals surface area contributed by atoms with Crippen molar-refractivity contribution in [2.45, 2.75) is 33.2 Å². The third-order valence-corrected chi connectivity index (χ3v) is 3.71. The molecular formula is C18H22ClNO. The van der Waals surface area contributed by atoms with Gasteiger partial charge in [-0.2, -0.15) is 0 Å². The maximum absolute atomic E-state index is 6.15. The van der Waals surface area contributed by atoms with Gasteiger partial charge in [0.15, 0.2) is 0 Å². The van der Waals surface area contributed by atoms with Gasteiger partial charge in [-0.15, -0.1) is 0 Å². The number of aryl methyl sites for hydroxylation is 1. The molecular weight excluding hydrogens is 282 g/mol. The molecule has 1 N–H and O–H groups in total. The predicted octanol–water partition coefficient (Wildman–Crippen LogP) is 5.19. The zero-order valence-electron chi connectivity index (χ0n) is 12.7. The summed E-state index contributed by atoms with van der Waals surface area (Å²) >= 11 is 6.15. The highest BCUT2D eigenvalue weighted by atomic mass is 35.5. The van der Waals surface area contributed by atoms with Crippen LogP contribution in [-0.4, -0.2) is 6.54 Å². The first kappa shape index (κ1) is 15.9. The van der Waals surface area contributed by atoms with Crippen molar-refractivity contribution >= 4 is 11.6 Å². The van der Waals surface area contributed by atoms with Crippen molar-refractivity contribution in [3.05, 3.63) is 58.6 Å². The largest absolute Gasteiger partial charge is 0.457 e. The van der Waals surface area contributed by atoms with Gasteiger partial charge in [-0.25, -0.2) is 0 Å². The minimum Gasteiger partial charge on any atom is -0.457 e. The first-order chi connectivity index (χ1) is 10.2. The quantitative estimate of drug-likeness (QED) is 0.710. The van der Waals surface area contributed by atoms with Crippen LogP contribution < -0.4 is 10.1 Å². The van der Waals surface area contributed by atoms with Gasteiger partial charge >= 0.3 is 0 Å². The van der Waals surface area contributed by atoms with Gasteiger partial charge in [0.2, 0.25) is 0 Å². The van der Waals surface area contributed by atoms with Gasteiger partial charge in [-0.3, -0.25) is 0 Å². The molecule has 0 radical (unpaired) electrons. The Morgan fingerprint density at radius 1 is 1.05 bits per heavy atom. The number of hydrogen-bond acceptors (Lipinski definition) is 2. The first-order valence-electron chi connectivity index (χ1n) is 7.49. The molecule has 0 atom stereocenters. The Kier molecular flexibility index (Phi) is 6.09. The average Bonchev–Trinajstić information content (AvgIpc) is 2.51. The summed E-state index contributed by atoms with van der Waals surface area (Å²) in [6.07, 6.45) is 2.02. The molecule has 0 aliphatic heterocycles. The van der Waals surface area contributed by atoms with Gasteiger partial charge in [0, 0.05) is 17.1 Å². The maximum Gasteiger partial charge on any atom is 0.131 e. The molecule has 0 saturated heterocycles. The summed E-state index contributed by atoms with van der Waals surface area (Å²) in [5, 5.41) is 4.20. The summed E-state index contributed by atoms with van der Waals surface area (Å²) in [7, 11) is 0. The molecule has 112 valence electrons. The summed E-state index contributed by atoms with van der Waals surface area (Å²) in [4.78, 5) is 0. The zero-order valence-corrected chi connectivity index (χ0v) is 13.4. The Bertz CT molecular complexity index is 583. The van der Waals surface area contributed by atoms with E-state index in [9.17, 15) is 0 Å². The van der Waals surface area contributed by atoms with Crippen molar-refractivity contribution in [1.29, 1.82) is 0 Å². The minimum absolute atomic E-state index is 0.794. The molecule has 0 saturated carbocycles. The molecule has 2 aromatic carbocycles. The number of hydrogen-bond donors (Lipinski definition) is 1. The summed E-state index contributed by atoms with van der Waals surface area (Å²) in [5.74, 6) is 1.73. The van der Waals surface area contributed by atoms with Crippen LogP contribution in [0, 0.1) is 0 Å². The third-order valence-electron chi connectivity index (χ3n) is 3.34. The van der Waals surface area contributed by atoms with E-state index in [2.05, 4.69) is 25.2 Å². The lowest BCUT2D eigenvalue weighted by Crippen LogP contribution is -2.14. The van der Waals surface area contributed by atoms with Crippen LogP contribution in [-0.2, 0) is 13.0 Å². The van der Waals surface area contributed by atoms with Crippen molar-refractivity contribution in [3.63, 3.8) is 0 Å². The Hall–Kier alpha value is -1.51. The lowest BCUT2D eigenvalue weighted by molar-refractivity contribution is 0.472. The van der Waals surface area contributed by atoms with Crippen LogP contribution in [0.25, 0.3) is 0 Å². The molecule has 3 heteroatoms. The fraction of sp³-hybridized carbons (Fsp3) is 0.333. The molecule has 0 aliphatic rings. The molecule has 0 fully saturated rings. The lowest BCUT2D eigenvalue weighted by Gasteiger charge is -2.13. The van der Waals surface area contributed by atoms with E-state index in [4.69, 9.17) is 16.3 Å². The fourth-order valence-electron chi connectivity index (χ4n) is 2.16. The molecule has 0 unspecified atom stereocenters. The van der Waals surface area contributed by atoms with Crippen molar-refractivity contribution in [2.24, 2.45) is 0 Å². The average molecular weight is 304 g/mol. The predicted molar refractivity (Wildman–Crippen MR) is 89.3 cm³/mol. The highest BCUT2D eigenvalue weighted by Gasteiger charge is 2.06. The van der Waals surface area contributed by atoms with E-state index in [1.807, 2.05) is 36.4 Å². The fourth-order valence-corrected chi connectivity index (χ4v) is 2.41. The molecule has 2 rings (SSSR count). The standard InChI is InChI=1S/C18H22ClNO/c1-3-11-20-13-15-7-5-6-8-18(15)21-16-9-10-17(19)14(4-2)12-16/h5-10,12,20H,3-4,11,13H2,1-2H3. The Morgan fingerprint density at radius 3 is 2.62 bits per heavy atom. The molecule has 2 nitrogen and oxygen atoms in total. The second-order valence-electron chi connectivity index (χ2n) is 4.99. The van der Waals surface area contributed by atoms with E-state index in [0.29, 0.717) is 0 Å². The zero-order chi connectivity index (χ0) is 15.1. The maximum atomic E-state index is 6.15. The van der Waals surface area contributed by atoms with Crippen molar-refractivity contribution < 1.29 is 4.74 Å². The molecule has 21 heavy (non-hydrogen) atoms. The Balaban J connectivity index is 2.15. The van der Waals surface area contributed by atoms with E-state index in [1.54, 1.807) is 0 Å². The van der Waals surface area contributed by atoms with Gasteiger partial charge in [0.05, 0.1) is 0 Å². The number of benzene rings is 2. The van der Waals surface area contributed by atoms with Crippen LogP contribution in [0.1, 0.15) is 31.4 Å². The number of para-hydroxylation sites is 1. The van der Waals surface area contributed by atoms with Crippen LogP contribution in [0.4, 0.5) is 0 Å². The van der Waals surface area contributed by atoms with Crippen molar-refractivity contribution in [1.82, 2.24) is 5.32 Å². The van der Waals surface area contributed by atoms with Gasteiger partial charge < -0.3 is 10.1 Å². The summed E-state index contributed by atoms with van der Waals surface area (Å²) < 4.78 is 6.04. The van der Waals surface area contributed by atoms with Crippen LogP contribution in [0.2, 0.25) is 5.02 Å². The highest BCUT2D eigenvalue weighted by Crippen LogP contribution is 2.28. The number of halogens is 1. The SMILES string of the molecule is CCCNCc1ccccc1Oc1ccc(Cl)c(CC)c1. The first-order valence-corrected chi connectivity index (χ1v) is 7.87. The van der Waals surface area contributed by atoms with E-state index >= 15 is 0 Å².